The lowest BCUT2D eigenvalue weighted by molar-refractivity contribution is 1.18. The van der Waals surface area contributed by atoms with E-state index < -0.39 is 0 Å². The van der Waals surface area contributed by atoms with Crippen molar-refractivity contribution in [2.75, 3.05) is 0 Å². The van der Waals surface area contributed by atoms with Gasteiger partial charge in [0, 0.05) is 43.6 Å². The van der Waals surface area contributed by atoms with Crippen molar-refractivity contribution in [3.63, 3.8) is 0 Å². The summed E-state index contributed by atoms with van der Waals surface area (Å²) in [6.07, 6.45) is 0. The third-order valence-corrected chi connectivity index (χ3v) is 10.4. The van der Waals surface area contributed by atoms with E-state index in [0.29, 0.717) is 0 Å². The predicted molar refractivity (Wildman–Crippen MR) is 204 cm³/mol. The molecule has 48 heavy (non-hydrogen) atoms. The van der Waals surface area contributed by atoms with E-state index in [1.54, 1.807) is 0 Å². The molecule has 11 rings (SSSR count). The van der Waals surface area contributed by atoms with E-state index in [1.165, 1.54) is 92.9 Å². The first-order chi connectivity index (χ1) is 23.8. The fraction of sp³-hybridized carbons (Fsp3) is 0. The summed E-state index contributed by atoms with van der Waals surface area (Å²) in [6.45, 7) is 0. The molecule has 0 aliphatic rings. The zero-order valence-electron chi connectivity index (χ0n) is 26.1. The van der Waals surface area contributed by atoms with Gasteiger partial charge in [0.2, 0.25) is 0 Å². The molecule has 0 aliphatic heterocycles. The molecular formula is C46H28N2. The fourth-order valence-electron chi connectivity index (χ4n) is 8.37. The molecule has 222 valence electrons. The lowest BCUT2D eigenvalue weighted by atomic mass is 9.98. The molecule has 11 aromatic rings. The van der Waals surface area contributed by atoms with Crippen LogP contribution in [0.2, 0.25) is 0 Å². The second-order valence-electron chi connectivity index (χ2n) is 12.9. The molecule has 3 aromatic heterocycles. The summed E-state index contributed by atoms with van der Waals surface area (Å²) in [4.78, 5) is 0. The van der Waals surface area contributed by atoms with Crippen LogP contribution in [-0.4, -0.2) is 8.97 Å². The quantitative estimate of drug-likeness (QED) is 0.139. The number of nitrogens with zero attached hydrogens (tertiary/aromatic N) is 2. The molecule has 0 radical (unpaired) electrons. The normalized spacial score (nSPS) is 12.2. The molecule has 0 saturated heterocycles. The first-order valence-electron chi connectivity index (χ1n) is 16.6. The van der Waals surface area contributed by atoms with Crippen molar-refractivity contribution >= 4 is 70.7 Å². The number of pyridine rings is 1. The maximum Gasteiger partial charge on any atom is 0.0625 e. The standard InChI is InChI=1S/C46H28N2/c1-2-10-29(11-3-1)30-20-24-33(25-21-30)47-41-18-6-5-14-36(41)39-17-9-15-34(45(39)47)32-23-26-37-40-27-22-31-12-8-16-38-35-13-4-7-19-42(35)48(43(37)28-32)46(40)44(31)38/h1-28H. The van der Waals surface area contributed by atoms with Crippen LogP contribution in [0.4, 0.5) is 0 Å². The van der Waals surface area contributed by atoms with Crippen molar-refractivity contribution in [3.8, 4) is 27.9 Å². The van der Waals surface area contributed by atoms with E-state index in [4.69, 9.17) is 0 Å². The summed E-state index contributed by atoms with van der Waals surface area (Å²) in [7, 11) is 0. The van der Waals surface area contributed by atoms with Gasteiger partial charge in [0.05, 0.1) is 27.6 Å². The Hall–Kier alpha value is -6.38. The number of hydrogen-bond donors (Lipinski definition) is 0. The maximum atomic E-state index is 2.51. The molecule has 0 amide bonds. The van der Waals surface area contributed by atoms with Gasteiger partial charge in [-0.2, -0.15) is 0 Å². The van der Waals surface area contributed by atoms with Gasteiger partial charge in [0.1, 0.15) is 0 Å². The number of hydrogen-bond acceptors (Lipinski definition) is 0. The average Bonchev–Trinajstić information content (AvgIpc) is 3.68. The van der Waals surface area contributed by atoms with Crippen LogP contribution in [-0.2, 0) is 0 Å². The van der Waals surface area contributed by atoms with Crippen LogP contribution in [0.3, 0.4) is 0 Å². The Labute approximate surface area is 276 Å². The van der Waals surface area contributed by atoms with E-state index in [9.17, 15) is 0 Å². The van der Waals surface area contributed by atoms with Crippen molar-refractivity contribution in [1.29, 1.82) is 0 Å². The number of para-hydroxylation sites is 3. The third-order valence-electron chi connectivity index (χ3n) is 10.4. The zero-order valence-corrected chi connectivity index (χ0v) is 26.1. The minimum absolute atomic E-state index is 1.16. The second kappa shape index (κ2) is 9.57. The minimum Gasteiger partial charge on any atom is -0.309 e. The topological polar surface area (TPSA) is 9.34 Å². The molecule has 8 aromatic carbocycles. The molecular weight excluding hydrogens is 581 g/mol. The van der Waals surface area contributed by atoms with Gasteiger partial charge in [-0.05, 0) is 57.8 Å². The summed E-state index contributed by atoms with van der Waals surface area (Å²) in [6, 6.07) is 62.4. The van der Waals surface area contributed by atoms with Crippen LogP contribution in [0, 0.1) is 0 Å². The van der Waals surface area contributed by atoms with Crippen molar-refractivity contribution in [1.82, 2.24) is 8.97 Å². The van der Waals surface area contributed by atoms with Crippen LogP contribution in [0.1, 0.15) is 0 Å². The number of aromatic nitrogens is 2. The van der Waals surface area contributed by atoms with Crippen LogP contribution >= 0.6 is 0 Å². The number of benzene rings is 8. The highest BCUT2D eigenvalue weighted by Gasteiger charge is 2.20. The molecule has 0 aliphatic carbocycles. The Kier molecular flexibility index (Phi) is 5.14. The van der Waals surface area contributed by atoms with Crippen LogP contribution in [0.5, 0.6) is 0 Å². The molecule has 0 saturated carbocycles. The predicted octanol–water partition coefficient (Wildman–Crippen LogP) is 12.4. The summed E-state index contributed by atoms with van der Waals surface area (Å²) in [5, 5.41) is 10.3. The Balaban J connectivity index is 1.21. The average molecular weight is 609 g/mol. The molecule has 0 N–H and O–H groups in total. The van der Waals surface area contributed by atoms with Crippen molar-refractivity contribution in [2.45, 2.75) is 0 Å². The van der Waals surface area contributed by atoms with Gasteiger partial charge in [0.15, 0.2) is 0 Å². The SMILES string of the molecule is c1ccc(-c2ccc(-n3c4ccccc4c4cccc(-c5ccc6c7ccc8cccc9c%10ccccc%10n(c6c5)c7c89)c43)cc2)cc1. The Morgan fingerprint density at radius 2 is 0.938 bits per heavy atom. The minimum atomic E-state index is 1.16. The summed E-state index contributed by atoms with van der Waals surface area (Å²) < 4.78 is 4.96. The largest absolute Gasteiger partial charge is 0.309 e. The van der Waals surface area contributed by atoms with Gasteiger partial charge in [-0.1, -0.05) is 140 Å². The van der Waals surface area contributed by atoms with Gasteiger partial charge in [-0.3, -0.25) is 0 Å². The van der Waals surface area contributed by atoms with Gasteiger partial charge in [-0.15, -0.1) is 0 Å². The third kappa shape index (κ3) is 3.41. The van der Waals surface area contributed by atoms with Crippen LogP contribution < -0.4 is 0 Å². The first-order valence-corrected chi connectivity index (χ1v) is 16.6. The summed E-state index contributed by atoms with van der Waals surface area (Å²) in [5.41, 5.74) is 12.3. The van der Waals surface area contributed by atoms with Gasteiger partial charge in [-0.25, -0.2) is 0 Å². The Morgan fingerprint density at radius 1 is 0.333 bits per heavy atom. The second-order valence-corrected chi connectivity index (χ2v) is 12.9. The molecule has 0 bridgehead atoms. The van der Waals surface area contributed by atoms with E-state index in [2.05, 4.69) is 179 Å². The van der Waals surface area contributed by atoms with Gasteiger partial charge in [0.25, 0.3) is 0 Å². The van der Waals surface area contributed by atoms with Crippen molar-refractivity contribution in [2.24, 2.45) is 0 Å². The fourth-order valence-corrected chi connectivity index (χ4v) is 8.37. The van der Waals surface area contributed by atoms with Gasteiger partial charge < -0.3 is 8.97 Å². The molecule has 3 heterocycles. The first kappa shape index (κ1) is 25.8. The van der Waals surface area contributed by atoms with Crippen molar-refractivity contribution < 1.29 is 0 Å². The lowest BCUT2D eigenvalue weighted by Gasteiger charge is -2.14. The highest BCUT2D eigenvalue weighted by atomic mass is 15.0. The summed E-state index contributed by atoms with van der Waals surface area (Å²) in [5.74, 6) is 0. The molecule has 0 fully saturated rings. The monoisotopic (exact) mass is 608 g/mol. The molecule has 2 heteroatoms. The number of rotatable bonds is 3. The highest BCUT2D eigenvalue weighted by Crippen LogP contribution is 2.44. The van der Waals surface area contributed by atoms with Gasteiger partial charge >= 0.3 is 0 Å². The van der Waals surface area contributed by atoms with E-state index in [1.807, 2.05) is 0 Å². The van der Waals surface area contributed by atoms with Crippen LogP contribution in [0.15, 0.2) is 170 Å². The summed E-state index contributed by atoms with van der Waals surface area (Å²) >= 11 is 0. The number of fused-ring (bicyclic) bond motifs is 9. The zero-order chi connectivity index (χ0) is 31.3. The smallest absolute Gasteiger partial charge is 0.0625 e. The maximum absolute atomic E-state index is 2.51. The van der Waals surface area contributed by atoms with E-state index in [-0.39, 0.29) is 0 Å². The molecule has 2 nitrogen and oxygen atoms in total. The Morgan fingerprint density at radius 3 is 1.79 bits per heavy atom. The van der Waals surface area contributed by atoms with Crippen molar-refractivity contribution in [3.05, 3.63) is 170 Å². The van der Waals surface area contributed by atoms with E-state index >= 15 is 0 Å². The van der Waals surface area contributed by atoms with E-state index in [0.717, 1.165) is 5.69 Å². The molecule has 0 spiro atoms. The molecule has 0 atom stereocenters. The lowest BCUT2D eigenvalue weighted by Crippen LogP contribution is -1.96. The van der Waals surface area contributed by atoms with Crippen LogP contribution in [0.25, 0.3) is 98.6 Å². The Bertz CT molecular complexity index is 3030. The molecule has 0 unspecified atom stereocenters. The highest BCUT2D eigenvalue weighted by molar-refractivity contribution is 6.28.